The Bertz CT molecular complexity index is 338. The average molecular weight is 256 g/mol. The van der Waals surface area contributed by atoms with E-state index in [1.165, 1.54) is 6.20 Å². The van der Waals surface area contributed by atoms with Crippen LogP contribution in [-0.2, 0) is 9.53 Å². The molecule has 0 atom stereocenters. The molecule has 1 saturated heterocycles. The van der Waals surface area contributed by atoms with E-state index in [1.807, 2.05) is 25.7 Å². The Morgan fingerprint density at radius 2 is 1.72 bits per heavy atom. The largest absolute Gasteiger partial charge is 0.478 e. The number of aliphatic carboxylic acids is 1. The summed E-state index contributed by atoms with van der Waals surface area (Å²) in [5.41, 5.74) is -0.489. The summed E-state index contributed by atoms with van der Waals surface area (Å²) in [5, 5.41) is 8.51. The first-order chi connectivity index (χ1) is 8.28. The van der Waals surface area contributed by atoms with Gasteiger partial charge in [-0.25, -0.2) is 9.59 Å². The normalized spacial score (nSPS) is 17.1. The molecular formula is C12H20N2O4. The number of carbonyl (C=O) groups excluding carboxylic acids is 1. The van der Waals surface area contributed by atoms with Gasteiger partial charge in [0.15, 0.2) is 0 Å². The Morgan fingerprint density at radius 1 is 1.17 bits per heavy atom. The van der Waals surface area contributed by atoms with Crippen LogP contribution in [0.1, 0.15) is 20.8 Å². The van der Waals surface area contributed by atoms with Crippen LogP contribution in [-0.4, -0.2) is 58.7 Å². The molecule has 1 aliphatic heterocycles. The summed E-state index contributed by atoms with van der Waals surface area (Å²) in [6.45, 7) is 7.80. The Labute approximate surface area is 107 Å². The first-order valence-corrected chi connectivity index (χ1v) is 5.91. The number of ether oxygens (including phenoxy) is 1. The van der Waals surface area contributed by atoms with E-state index in [4.69, 9.17) is 9.84 Å². The number of carboxylic acids is 1. The molecule has 1 amide bonds. The lowest BCUT2D eigenvalue weighted by atomic mass is 10.2. The lowest BCUT2D eigenvalue weighted by molar-refractivity contribution is -0.131. The molecule has 6 heteroatoms. The fraction of sp³-hybridized carbons (Fsp3) is 0.667. The Hall–Kier alpha value is -1.72. The number of rotatable bonds is 2. The van der Waals surface area contributed by atoms with Gasteiger partial charge in [0, 0.05) is 38.5 Å². The Kier molecular flexibility index (Phi) is 4.58. The second kappa shape index (κ2) is 5.75. The van der Waals surface area contributed by atoms with Crippen molar-refractivity contribution < 1.29 is 19.4 Å². The smallest absolute Gasteiger partial charge is 0.410 e. The summed E-state index contributed by atoms with van der Waals surface area (Å²) in [4.78, 5) is 25.6. The van der Waals surface area contributed by atoms with Crippen LogP contribution in [0, 0.1) is 0 Å². The van der Waals surface area contributed by atoms with Crippen LogP contribution in [0.2, 0.25) is 0 Å². The van der Waals surface area contributed by atoms with Crippen molar-refractivity contribution in [2.75, 3.05) is 26.2 Å². The summed E-state index contributed by atoms with van der Waals surface area (Å²) >= 11 is 0. The predicted molar refractivity (Wildman–Crippen MR) is 66.2 cm³/mol. The van der Waals surface area contributed by atoms with Crippen LogP contribution in [0.4, 0.5) is 4.79 Å². The first kappa shape index (κ1) is 14.3. The molecule has 0 unspecified atom stereocenters. The summed E-state index contributed by atoms with van der Waals surface area (Å²) in [6, 6.07) is 0. The summed E-state index contributed by atoms with van der Waals surface area (Å²) in [7, 11) is 0. The third-order valence-corrected chi connectivity index (χ3v) is 2.39. The third kappa shape index (κ3) is 5.07. The average Bonchev–Trinajstić information content (AvgIpc) is 2.24. The van der Waals surface area contributed by atoms with Crippen LogP contribution in [0.25, 0.3) is 0 Å². The van der Waals surface area contributed by atoms with Crippen molar-refractivity contribution in [3.05, 3.63) is 12.3 Å². The van der Waals surface area contributed by atoms with E-state index >= 15 is 0 Å². The highest BCUT2D eigenvalue weighted by atomic mass is 16.6. The monoisotopic (exact) mass is 256 g/mol. The van der Waals surface area contributed by atoms with Crippen molar-refractivity contribution in [3.8, 4) is 0 Å². The second-order valence-electron chi connectivity index (χ2n) is 5.16. The van der Waals surface area contributed by atoms with Gasteiger partial charge >= 0.3 is 12.1 Å². The highest BCUT2D eigenvalue weighted by molar-refractivity contribution is 5.79. The number of carboxylic acid groups (broad SMARTS) is 1. The number of hydrogen-bond donors (Lipinski definition) is 1. The van der Waals surface area contributed by atoms with E-state index in [0.717, 1.165) is 6.08 Å². The molecule has 0 spiro atoms. The van der Waals surface area contributed by atoms with Gasteiger partial charge in [0.05, 0.1) is 0 Å². The van der Waals surface area contributed by atoms with Gasteiger partial charge in [0.1, 0.15) is 5.60 Å². The van der Waals surface area contributed by atoms with Gasteiger partial charge in [0.25, 0.3) is 0 Å². The zero-order valence-electron chi connectivity index (χ0n) is 11.0. The van der Waals surface area contributed by atoms with Gasteiger partial charge in [-0.05, 0) is 20.8 Å². The van der Waals surface area contributed by atoms with Gasteiger partial charge in [-0.2, -0.15) is 0 Å². The van der Waals surface area contributed by atoms with Gasteiger partial charge in [-0.1, -0.05) is 0 Å². The van der Waals surface area contributed by atoms with E-state index in [2.05, 4.69) is 0 Å². The van der Waals surface area contributed by atoms with Gasteiger partial charge in [0.2, 0.25) is 0 Å². The zero-order chi connectivity index (χ0) is 13.8. The second-order valence-corrected chi connectivity index (χ2v) is 5.16. The molecule has 0 aromatic carbocycles. The van der Waals surface area contributed by atoms with E-state index in [-0.39, 0.29) is 6.09 Å². The third-order valence-electron chi connectivity index (χ3n) is 2.39. The van der Waals surface area contributed by atoms with Crippen molar-refractivity contribution >= 4 is 12.1 Å². The van der Waals surface area contributed by atoms with Crippen molar-refractivity contribution in [1.82, 2.24) is 9.80 Å². The Morgan fingerprint density at radius 3 is 2.17 bits per heavy atom. The highest BCUT2D eigenvalue weighted by Gasteiger charge is 2.24. The maximum atomic E-state index is 11.8. The zero-order valence-corrected chi connectivity index (χ0v) is 11.0. The molecule has 1 aliphatic rings. The van der Waals surface area contributed by atoms with Crippen LogP contribution in [0.3, 0.4) is 0 Å². The number of hydrogen-bond acceptors (Lipinski definition) is 4. The standard InChI is InChI=1S/C12H20N2O4/c1-12(2,3)18-11(17)14-8-6-13(7-9-14)5-4-10(15)16/h4-5H,6-9H2,1-3H3,(H,15,16)/b5-4+. The van der Waals surface area contributed by atoms with Gasteiger partial charge in [-0.15, -0.1) is 0 Å². The van der Waals surface area contributed by atoms with Crippen molar-refractivity contribution in [2.45, 2.75) is 26.4 Å². The lowest BCUT2D eigenvalue weighted by Crippen LogP contribution is -2.48. The van der Waals surface area contributed by atoms with Crippen molar-refractivity contribution in [1.29, 1.82) is 0 Å². The minimum absolute atomic E-state index is 0.315. The molecule has 0 saturated carbocycles. The molecule has 1 fully saturated rings. The van der Waals surface area contributed by atoms with Crippen molar-refractivity contribution in [2.24, 2.45) is 0 Å². The van der Waals surface area contributed by atoms with Crippen LogP contribution >= 0.6 is 0 Å². The Balaban J connectivity index is 2.39. The van der Waals surface area contributed by atoms with Gasteiger partial charge in [-0.3, -0.25) is 0 Å². The molecule has 6 nitrogen and oxygen atoms in total. The summed E-state index contributed by atoms with van der Waals surface area (Å²) in [5.74, 6) is -0.968. The van der Waals surface area contributed by atoms with Crippen molar-refractivity contribution in [3.63, 3.8) is 0 Å². The number of carbonyl (C=O) groups is 2. The molecule has 0 bridgehead atoms. The van der Waals surface area contributed by atoms with E-state index in [9.17, 15) is 9.59 Å². The molecule has 1 heterocycles. The minimum Gasteiger partial charge on any atom is -0.478 e. The predicted octanol–water partition coefficient (Wildman–Crippen LogP) is 1.14. The van der Waals surface area contributed by atoms with Crippen LogP contribution in [0.5, 0.6) is 0 Å². The van der Waals surface area contributed by atoms with Crippen LogP contribution < -0.4 is 0 Å². The molecule has 0 aliphatic carbocycles. The van der Waals surface area contributed by atoms with E-state index in [0.29, 0.717) is 26.2 Å². The lowest BCUT2D eigenvalue weighted by Gasteiger charge is -2.35. The fourth-order valence-corrected chi connectivity index (χ4v) is 1.55. The van der Waals surface area contributed by atoms with E-state index < -0.39 is 11.6 Å². The molecule has 0 radical (unpaired) electrons. The summed E-state index contributed by atoms with van der Waals surface area (Å²) in [6.07, 6.45) is 2.32. The van der Waals surface area contributed by atoms with Gasteiger partial charge < -0.3 is 19.6 Å². The van der Waals surface area contributed by atoms with E-state index in [1.54, 1.807) is 4.90 Å². The number of piperazine rings is 1. The number of nitrogens with zero attached hydrogens (tertiary/aromatic N) is 2. The molecule has 0 aromatic heterocycles. The fourth-order valence-electron chi connectivity index (χ4n) is 1.55. The molecule has 1 N–H and O–H groups in total. The first-order valence-electron chi connectivity index (χ1n) is 5.91. The molecule has 1 rings (SSSR count). The number of amides is 1. The quantitative estimate of drug-likeness (QED) is 0.750. The minimum atomic E-state index is -0.968. The maximum Gasteiger partial charge on any atom is 0.410 e. The SMILES string of the molecule is CC(C)(C)OC(=O)N1CCN(/C=C/C(=O)O)CC1. The summed E-state index contributed by atoms with van der Waals surface area (Å²) < 4.78 is 5.27. The molecular weight excluding hydrogens is 236 g/mol. The molecule has 0 aromatic rings. The molecule has 18 heavy (non-hydrogen) atoms. The molecule has 102 valence electrons. The highest BCUT2D eigenvalue weighted by Crippen LogP contribution is 2.11. The topological polar surface area (TPSA) is 70.1 Å². The maximum absolute atomic E-state index is 11.8. The van der Waals surface area contributed by atoms with Crippen LogP contribution in [0.15, 0.2) is 12.3 Å².